The number of aromatic nitrogens is 1. The number of hydrogen-bond acceptors (Lipinski definition) is 1. The lowest BCUT2D eigenvalue weighted by atomic mass is 9.76. The van der Waals surface area contributed by atoms with Crippen LogP contribution in [-0.2, 0) is 5.41 Å². The van der Waals surface area contributed by atoms with E-state index in [9.17, 15) is 0 Å². The van der Waals surface area contributed by atoms with Crippen LogP contribution < -0.4 is 0 Å². The zero-order valence-corrected chi connectivity index (χ0v) is 13.6. The third-order valence-electron chi connectivity index (χ3n) is 3.96. The first kappa shape index (κ1) is 13.3. The second-order valence-electron chi connectivity index (χ2n) is 5.10. The highest BCUT2D eigenvalue weighted by molar-refractivity contribution is 9.12. The fourth-order valence-corrected chi connectivity index (χ4v) is 4.48. The summed E-state index contributed by atoms with van der Waals surface area (Å²) in [5, 5.41) is 0. The maximum atomic E-state index is 4.64. The molecule has 0 saturated heterocycles. The van der Waals surface area contributed by atoms with Crippen molar-refractivity contribution in [2.75, 3.05) is 0 Å². The van der Waals surface area contributed by atoms with E-state index in [0.717, 1.165) is 12.8 Å². The van der Waals surface area contributed by atoms with E-state index in [1.165, 1.54) is 11.3 Å². The first-order valence-electron chi connectivity index (χ1n) is 6.47. The van der Waals surface area contributed by atoms with Gasteiger partial charge in [-0.3, -0.25) is 4.98 Å². The lowest BCUT2D eigenvalue weighted by Crippen LogP contribution is -2.26. The third-order valence-corrected chi connectivity index (χ3v) is 6.59. The molecule has 1 fully saturated rings. The number of nitrogens with zero attached hydrogens (tertiary/aromatic N) is 1. The van der Waals surface area contributed by atoms with Crippen molar-refractivity contribution in [1.82, 2.24) is 4.98 Å². The number of hydrogen-bond donors (Lipinski definition) is 0. The Hall–Kier alpha value is -0.670. The van der Waals surface area contributed by atoms with Crippen LogP contribution in [0.2, 0.25) is 0 Å². The van der Waals surface area contributed by atoms with E-state index in [4.69, 9.17) is 0 Å². The standard InChI is InChI=1S/C16H15Br2N/c17-13-10-16(11-14(13)18,12-6-2-1-3-7-12)15-8-4-5-9-19-15/h1-9,13-14H,10-11H2. The predicted octanol–water partition coefficient (Wildman–Crippen LogP) is 4.69. The van der Waals surface area contributed by atoms with Crippen LogP contribution in [0, 0.1) is 0 Å². The van der Waals surface area contributed by atoms with E-state index >= 15 is 0 Å². The summed E-state index contributed by atoms with van der Waals surface area (Å²) in [6, 6.07) is 17.0. The molecule has 1 aromatic carbocycles. The first-order chi connectivity index (χ1) is 9.22. The molecule has 1 nitrogen and oxygen atoms in total. The second-order valence-corrected chi connectivity index (χ2v) is 7.46. The minimum absolute atomic E-state index is 0.0187. The van der Waals surface area contributed by atoms with E-state index in [0.29, 0.717) is 9.65 Å². The van der Waals surface area contributed by atoms with E-state index in [1.807, 2.05) is 12.3 Å². The van der Waals surface area contributed by atoms with Crippen molar-refractivity contribution < 1.29 is 0 Å². The minimum atomic E-state index is 0.0187. The fourth-order valence-electron chi connectivity index (χ4n) is 3.00. The van der Waals surface area contributed by atoms with Crippen molar-refractivity contribution in [1.29, 1.82) is 0 Å². The third kappa shape index (κ3) is 2.38. The summed E-state index contributed by atoms with van der Waals surface area (Å²) in [5.41, 5.74) is 2.55. The summed E-state index contributed by atoms with van der Waals surface area (Å²) >= 11 is 7.60. The van der Waals surface area contributed by atoms with Gasteiger partial charge in [-0.05, 0) is 30.5 Å². The molecule has 2 aromatic rings. The SMILES string of the molecule is BrC1CC(c2ccccc2)(c2ccccn2)CC1Br. The Labute approximate surface area is 130 Å². The van der Waals surface area contributed by atoms with Crippen LogP contribution in [0.4, 0.5) is 0 Å². The van der Waals surface area contributed by atoms with Crippen molar-refractivity contribution >= 4 is 31.9 Å². The van der Waals surface area contributed by atoms with E-state index in [-0.39, 0.29) is 5.41 Å². The molecule has 1 aliphatic carbocycles. The predicted molar refractivity (Wildman–Crippen MR) is 86.1 cm³/mol. The van der Waals surface area contributed by atoms with Crippen molar-refractivity contribution in [2.24, 2.45) is 0 Å². The molecule has 0 aliphatic heterocycles. The molecule has 19 heavy (non-hydrogen) atoms. The molecule has 2 atom stereocenters. The number of halogens is 2. The molecule has 3 rings (SSSR count). The molecule has 98 valence electrons. The van der Waals surface area contributed by atoms with Crippen molar-refractivity contribution in [3.05, 3.63) is 66.0 Å². The van der Waals surface area contributed by atoms with E-state index in [1.54, 1.807) is 0 Å². The Morgan fingerprint density at radius 1 is 0.895 bits per heavy atom. The molecule has 0 spiro atoms. The molecule has 0 amide bonds. The molecular formula is C16H15Br2N. The van der Waals surface area contributed by atoms with Crippen LogP contribution in [0.15, 0.2) is 54.7 Å². The van der Waals surface area contributed by atoms with Crippen LogP contribution in [0.1, 0.15) is 24.1 Å². The van der Waals surface area contributed by atoms with Crippen LogP contribution in [0.25, 0.3) is 0 Å². The molecular weight excluding hydrogens is 366 g/mol. The molecule has 2 unspecified atom stereocenters. The quantitative estimate of drug-likeness (QED) is 0.688. The van der Waals surface area contributed by atoms with E-state index in [2.05, 4.69) is 79.3 Å². The summed E-state index contributed by atoms with van der Waals surface area (Å²) in [5.74, 6) is 0. The molecule has 1 aromatic heterocycles. The largest absolute Gasteiger partial charge is 0.260 e. The van der Waals surface area contributed by atoms with Gasteiger partial charge < -0.3 is 0 Å². The maximum Gasteiger partial charge on any atom is 0.0510 e. The van der Waals surface area contributed by atoms with Gasteiger partial charge in [0.1, 0.15) is 0 Å². The Bertz CT molecular complexity index is 490. The Balaban J connectivity index is 2.13. The first-order valence-corrected chi connectivity index (χ1v) is 8.31. The van der Waals surface area contributed by atoms with Crippen LogP contribution in [0.3, 0.4) is 0 Å². The molecule has 1 heterocycles. The van der Waals surface area contributed by atoms with Gasteiger partial charge in [0.15, 0.2) is 0 Å². The molecule has 0 bridgehead atoms. The zero-order valence-electron chi connectivity index (χ0n) is 10.5. The van der Waals surface area contributed by atoms with Crippen LogP contribution in [-0.4, -0.2) is 14.6 Å². The molecule has 3 heteroatoms. The van der Waals surface area contributed by atoms with Crippen LogP contribution >= 0.6 is 31.9 Å². The Morgan fingerprint density at radius 3 is 2.11 bits per heavy atom. The highest BCUT2D eigenvalue weighted by Gasteiger charge is 2.46. The Kier molecular flexibility index (Phi) is 3.77. The van der Waals surface area contributed by atoms with Gasteiger partial charge >= 0.3 is 0 Å². The van der Waals surface area contributed by atoms with Gasteiger partial charge in [-0.1, -0.05) is 68.3 Å². The lowest BCUT2D eigenvalue weighted by Gasteiger charge is -2.29. The monoisotopic (exact) mass is 379 g/mol. The van der Waals surface area contributed by atoms with Gasteiger partial charge in [0.25, 0.3) is 0 Å². The normalized spacial score (nSPS) is 30.4. The average molecular weight is 381 g/mol. The number of alkyl halides is 2. The van der Waals surface area contributed by atoms with Crippen LogP contribution in [0.5, 0.6) is 0 Å². The summed E-state index contributed by atoms with van der Waals surface area (Å²) in [6.07, 6.45) is 4.04. The van der Waals surface area contributed by atoms with Crippen molar-refractivity contribution in [3.63, 3.8) is 0 Å². The van der Waals surface area contributed by atoms with Crippen molar-refractivity contribution in [2.45, 2.75) is 27.9 Å². The summed E-state index contributed by atoms with van der Waals surface area (Å²) in [4.78, 5) is 5.60. The zero-order chi connectivity index (χ0) is 13.3. The molecule has 0 N–H and O–H groups in total. The number of benzene rings is 1. The number of pyridine rings is 1. The van der Waals surface area contributed by atoms with Crippen molar-refractivity contribution in [3.8, 4) is 0 Å². The lowest BCUT2D eigenvalue weighted by molar-refractivity contribution is 0.522. The highest BCUT2D eigenvalue weighted by atomic mass is 79.9. The smallest absolute Gasteiger partial charge is 0.0510 e. The second kappa shape index (κ2) is 5.37. The van der Waals surface area contributed by atoms with Gasteiger partial charge in [-0.25, -0.2) is 0 Å². The van der Waals surface area contributed by atoms with E-state index < -0.39 is 0 Å². The summed E-state index contributed by atoms with van der Waals surface area (Å²) in [7, 11) is 0. The number of rotatable bonds is 2. The molecule has 1 aliphatic rings. The molecule has 1 saturated carbocycles. The topological polar surface area (TPSA) is 12.9 Å². The van der Waals surface area contributed by atoms with Gasteiger partial charge in [-0.15, -0.1) is 0 Å². The molecule has 0 radical (unpaired) electrons. The maximum absolute atomic E-state index is 4.64. The minimum Gasteiger partial charge on any atom is -0.260 e. The van der Waals surface area contributed by atoms with Gasteiger partial charge in [0.05, 0.1) is 5.69 Å². The Morgan fingerprint density at radius 2 is 1.53 bits per heavy atom. The van der Waals surface area contributed by atoms with Gasteiger partial charge in [-0.2, -0.15) is 0 Å². The highest BCUT2D eigenvalue weighted by Crippen LogP contribution is 2.50. The summed E-state index contributed by atoms with van der Waals surface area (Å²) < 4.78 is 0. The summed E-state index contributed by atoms with van der Waals surface area (Å²) in [6.45, 7) is 0. The average Bonchev–Trinajstić information content (AvgIpc) is 2.78. The fraction of sp³-hybridized carbons (Fsp3) is 0.312. The van der Waals surface area contributed by atoms with Gasteiger partial charge in [0.2, 0.25) is 0 Å². The van der Waals surface area contributed by atoms with Gasteiger partial charge in [0, 0.05) is 21.3 Å².